The van der Waals surface area contributed by atoms with E-state index in [1.807, 2.05) is 0 Å². The van der Waals surface area contributed by atoms with E-state index in [0.29, 0.717) is 13.0 Å². The van der Waals surface area contributed by atoms with Gasteiger partial charge in [-0.15, -0.1) is 0 Å². The van der Waals surface area contributed by atoms with E-state index >= 15 is 0 Å². The number of ketones is 1. The maximum Gasteiger partial charge on any atom is 0.184 e. The molecule has 1 aliphatic rings. The first-order valence-corrected chi connectivity index (χ1v) is 3.85. The smallest absolute Gasteiger partial charge is 0.184 e. The van der Waals surface area contributed by atoms with Gasteiger partial charge < -0.3 is 10.8 Å². The highest BCUT2D eigenvalue weighted by Crippen LogP contribution is 2.17. The Morgan fingerprint density at radius 2 is 2.45 bits per heavy atom. The second-order valence-electron chi connectivity index (χ2n) is 2.80. The van der Waals surface area contributed by atoms with Gasteiger partial charge >= 0.3 is 0 Å². The molecule has 0 bridgehead atoms. The van der Waals surface area contributed by atoms with Crippen LogP contribution in [0.5, 0.6) is 0 Å². The highest BCUT2D eigenvalue weighted by Gasteiger charge is 2.18. The van der Waals surface area contributed by atoms with Gasteiger partial charge in [0.15, 0.2) is 5.78 Å². The Hall–Kier alpha value is -0.670. The Morgan fingerprint density at radius 1 is 1.73 bits per heavy atom. The fourth-order valence-electron chi connectivity index (χ4n) is 1.22. The number of rotatable bonds is 2. The number of aliphatic hydroxyl groups excluding tert-OH is 1. The standard InChI is InChI=1S/C8H13NO2/c9-4-3-6-1-2-7(10)8(11)5-6/h5,7,10H,1-4,9H2. The Labute approximate surface area is 65.9 Å². The molecule has 62 valence electrons. The molecule has 0 aliphatic heterocycles. The molecule has 3 heteroatoms. The molecule has 0 aromatic carbocycles. The Kier molecular flexibility index (Phi) is 2.79. The summed E-state index contributed by atoms with van der Waals surface area (Å²) >= 11 is 0. The minimum Gasteiger partial charge on any atom is -0.385 e. The molecule has 0 radical (unpaired) electrons. The molecule has 0 saturated heterocycles. The average molecular weight is 155 g/mol. The van der Waals surface area contributed by atoms with Gasteiger partial charge in [-0.05, 0) is 31.9 Å². The summed E-state index contributed by atoms with van der Waals surface area (Å²) < 4.78 is 0. The van der Waals surface area contributed by atoms with Crippen molar-refractivity contribution >= 4 is 5.78 Å². The molecule has 3 N–H and O–H groups in total. The van der Waals surface area contributed by atoms with E-state index in [2.05, 4.69) is 0 Å². The van der Waals surface area contributed by atoms with Crippen molar-refractivity contribution in [3.8, 4) is 0 Å². The second kappa shape index (κ2) is 3.64. The highest BCUT2D eigenvalue weighted by atomic mass is 16.3. The first kappa shape index (κ1) is 8.43. The van der Waals surface area contributed by atoms with Gasteiger partial charge in [-0.25, -0.2) is 0 Å². The second-order valence-corrected chi connectivity index (χ2v) is 2.80. The lowest BCUT2D eigenvalue weighted by molar-refractivity contribution is -0.123. The molecule has 0 fully saturated rings. The van der Waals surface area contributed by atoms with Crippen LogP contribution in [-0.2, 0) is 4.79 Å². The molecule has 3 nitrogen and oxygen atoms in total. The van der Waals surface area contributed by atoms with Crippen LogP contribution in [0.2, 0.25) is 0 Å². The number of hydrogen-bond acceptors (Lipinski definition) is 3. The van der Waals surface area contributed by atoms with Crippen molar-refractivity contribution < 1.29 is 9.90 Å². The number of carbonyl (C=O) groups excluding carboxylic acids is 1. The first-order valence-electron chi connectivity index (χ1n) is 3.85. The lowest BCUT2D eigenvalue weighted by atomic mass is 9.94. The number of carbonyl (C=O) groups is 1. The summed E-state index contributed by atoms with van der Waals surface area (Å²) in [5.41, 5.74) is 6.40. The van der Waals surface area contributed by atoms with E-state index in [1.165, 1.54) is 6.08 Å². The van der Waals surface area contributed by atoms with E-state index in [9.17, 15) is 4.79 Å². The third kappa shape index (κ3) is 2.13. The van der Waals surface area contributed by atoms with Crippen molar-refractivity contribution in [2.45, 2.75) is 25.4 Å². The minimum absolute atomic E-state index is 0.167. The van der Waals surface area contributed by atoms with Crippen LogP contribution < -0.4 is 5.73 Å². The van der Waals surface area contributed by atoms with Crippen LogP contribution >= 0.6 is 0 Å². The molecule has 1 atom stereocenters. The van der Waals surface area contributed by atoms with Crippen LogP contribution in [0.3, 0.4) is 0 Å². The lowest BCUT2D eigenvalue weighted by Crippen LogP contribution is -2.22. The average Bonchev–Trinajstić information content (AvgIpc) is 1.98. The number of nitrogens with two attached hydrogens (primary N) is 1. The van der Waals surface area contributed by atoms with Crippen molar-refractivity contribution in [1.82, 2.24) is 0 Å². The van der Waals surface area contributed by atoms with Crippen molar-refractivity contribution in [2.24, 2.45) is 5.73 Å². The van der Waals surface area contributed by atoms with E-state index in [4.69, 9.17) is 10.8 Å². The summed E-state index contributed by atoms with van der Waals surface area (Å²) in [5.74, 6) is -0.167. The first-order chi connectivity index (χ1) is 5.24. The van der Waals surface area contributed by atoms with Crippen LogP contribution in [0, 0.1) is 0 Å². The quantitative estimate of drug-likeness (QED) is 0.589. The van der Waals surface area contributed by atoms with Gasteiger partial charge in [-0.3, -0.25) is 4.79 Å². The molecule has 1 aliphatic carbocycles. The molecule has 1 unspecified atom stereocenters. The Balaban J connectivity index is 2.56. The zero-order valence-electron chi connectivity index (χ0n) is 6.42. The van der Waals surface area contributed by atoms with Crippen molar-refractivity contribution in [3.63, 3.8) is 0 Å². The zero-order chi connectivity index (χ0) is 8.27. The monoisotopic (exact) mass is 155 g/mol. The van der Waals surface area contributed by atoms with E-state index in [-0.39, 0.29) is 5.78 Å². The van der Waals surface area contributed by atoms with Gasteiger partial charge in [0.1, 0.15) is 6.10 Å². The van der Waals surface area contributed by atoms with E-state index in [0.717, 1.165) is 18.4 Å². The summed E-state index contributed by atoms with van der Waals surface area (Å²) in [6, 6.07) is 0. The Morgan fingerprint density at radius 3 is 3.00 bits per heavy atom. The van der Waals surface area contributed by atoms with Crippen molar-refractivity contribution in [3.05, 3.63) is 11.6 Å². The normalized spacial score (nSPS) is 25.1. The van der Waals surface area contributed by atoms with Crippen molar-refractivity contribution in [2.75, 3.05) is 6.54 Å². The predicted octanol–water partition coefficient (Wildman–Crippen LogP) is -0.0146. The summed E-state index contributed by atoms with van der Waals surface area (Å²) in [6.45, 7) is 0.579. The van der Waals surface area contributed by atoms with Crippen molar-refractivity contribution in [1.29, 1.82) is 0 Å². The molecular weight excluding hydrogens is 142 g/mol. The molecule has 11 heavy (non-hydrogen) atoms. The van der Waals surface area contributed by atoms with Gasteiger partial charge in [0.25, 0.3) is 0 Å². The molecule has 0 aromatic rings. The van der Waals surface area contributed by atoms with Crippen LogP contribution in [0.1, 0.15) is 19.3 Å². The lowest BCUT2D eigenvalue weighted by Gasteiger charge is -2.15. The summed E-state index contributed by atoms with van der Waals surface area (Å²) in [5, 5.41) is 9.04. The van der Waals surface area contributed by atoms with Crippen LogP contribution in [0.4, 0.5) is 0 Å². The van der Waals surface area contributed by atoms with Gasteiger partial charge in [0, 0.05) is 0 Å². The van der Waals surface area contributed by atoms with Crippen LogP contribution in [0.15, 0.2) is 11.6 Å². The zero-order valence-corrected chi connectivity index (χ0v) is 6.42. The third-order valence-electron chi connectivity index (χ3n) is 1.88. The summed E-state index contributed by atoms with van der Waals surface area (Å²) in [6.07, 6.45) is 2.91. The van der Waals surface area contributed by atoms with Crippen LogP contribution in [0.25, 0.3) is 0 Å². The van der Waals surface area contributed by atoms with Crippen LogP contribution in [-0.4, -0.2) is 23.5 Å². The fraction of sp³-hybridized carbons (Fsp3) is 0.625. The van der Waals surface area contributed by atoms with Gasteiger partial charge in [0.2, 0.25) is 0 Å². The summed E-state index contributed by atoms with van der Waals surface area (Å²) in [4.78, 5) is 10.9. The molecule has 0 heterocycles. The minimum atomic E-state index is -0.767. The molecule has 0 aromatic heterocycles. The maximum atomic E-state index is 10.9. The molecular formula is C8H13NO2. The third-order valence-corrected chi connectivity index (χ3v) is 1.88. The number of hydrogen-bond donors (Lipinski definition) is 2. The highest BCUT2D eigenvalue weighted by molar-refractivity contribution is 5.94. The maximum absolute atomic E-state index is 10.9. The van der Waals surface area contributed by atoms with E-state index < -0.39 is 6.10 Å². The van der Waals surface area contributed by atoms with E-state index in [1.54, 1.807) is 0 Å². The Bertz CT molecular complexity index is 187. The van der Waals surface area contributed by atoms with Gasteiger partial charge in [0.05, 0.1) is 0 Å². The molecule has 0 spiro atoms. The summed E-state index contributed by atoms with van der Waals surface area (Å²) in [7, 11) is 0. The fourth-order valence-corrected chi connectivity index (χ4v) is 1.22. The van der Waals surface area contributed by atoms with Gasteiger partial charge in [-0.2, -0.15) is 0 Å². The molecule has 1 rings (SSSR count). The topological polar surface area (TPSA) is 63.3 Å². The number of aliphatic hydroxyl groups is 1. The van der Waals surface area contributed by atoms with Gasteiger partial charge in [-0.1, -0.05) is 5.57 Å². The largest absolute Gasteiger partial charge is 0.385 e. The SMILES string of the molecule is NCCC1=CC(=O)C(O)CC1. The molecule has 0 saturated carbocycles. The molecule has 0 amide bonds. The predicted molar refractivity (Wildman–Crippen MR) is 42.0 cm³/mol.